The summed E-state index contributed by atoms with van der Waals surface area (Å²) in [5, 5.41) is 25.5. The number of fused-ring (bicyclic) bond motifs is 3. The Hall–Kier alpha value is -4.67. The van der Waals surface area contributed by atoms with Crippen molar-refractivity contribution in [2.45, 2.75) is 137 Å². The van der Waals surface area contributed by atoms with Gasteiger partial charge in [-0.1, -0.05) is 32.0 Å². The Kier molecular flexibility index (Phi) is 13.7. The molecule has 2 saturated carbocycles. The predicted octanol–water partition coefficient (Wildman–Crippen LogP) is 3.57. The molecule has 2 aliphatic carbocycles. The quantitative estimate of drug-likeness (QED) is 0.165. The third-order valence-electron chi connectivity index (χ3n) is 11.0. The Morgan fingerprint density at radius 3 is 2.09 bits per heavy atom. The van der Waals surface area contributed by atoms with Crippen LogP contribution < -0.4 is 5.32 Å². The van der Waals surface area contributed by atoms with Crippen LogP contribution in [0.3, 0.4) is 0 Å². The lowest BCUT2D eigenvalue weighted by Gasteiger charge is -2.63. The molecule has 9 atom stereocenters. The molecule has 1 amide bonds. The summed E-state index contributed by atoms with van der Waals surface area (Å²) < 4.78 is 34.3. The Morgan fingerprint density at radius 1 is 0.948 bits per heavy atom. The first-order valence-electron chi connectivity index (χ1n) is 19.3. The summed E-state index contributed by atoms with van der Waals surface area (Å²) in [6, 6.07) is 6.63. The Balaban J connectivity index is 1.85. The third kappa shape index (κ3) is 9.29. The maximum atomic E-state index is 15.3. The number of ketones is 2. The number of aliphatic hydroxyl groups is 2. The number of alkyl carbamates (subject to hydrolysis) is 1. The van der Waals surface area contributed by atoms with Crippen molar-refractivity contribution < 1.29 is 72.2 Å². The number of nitrogens with one attached hydrogen (secondary N) is 1. The topological polar surface area (TPSA) is 227 Å². The summed E-state index contributed by atoms with van der Waals surface area (Å²) in [5.41, 5.74) is -6.56. The van der Waals surface area contributed by atoms with Crippen LogP contribution in [-0.2, 0) is 52.4 Å². The summed E-state index contributed by atoms with van der Waals surface area (Å²) in [6.07, 6.45) is -9.15. The second kappa shape index (κ2) is 17.3. The number of Topliss-reactive ketones (excluding diaryl/α,β-unsaturated/α-hetero) is 2. The molecule has 0 bridgehead atoms. The molecule has 1 heterocycles. The lowest BCUT2D eigenvalue weighted by molar-refractivity contribution is -0.328. The van der Waals surface area contributed by atoms with Gasteiger partial charge >= 0.3 is 30.0 Å². The molecule has 1 saturated heterocycles. The first-order chi connectivity index (χ1) is 26.8. The van der Waals surface area contributed by atoms with Crippen LogP contribution in [0.4, 0.5) is 4.79 Å². The van der Waals surface area contributed by atoms with E-state index in [0.717, 1.165) is 13.8 Å². The second-order valence-electron chi connectivity index (χ2n) is 17.5. The highest BCUT2D eigenvalue weighted by Crippen LogP contribution is 2.59. The lowest BCUT2D eigenvalue weighted by atomic mass is 9.49. The standard InChI is InChI=1S/C42H57NO15/c1-21(2)17-26(43-38(52)58-39(6,7)8)30(47)37(51)53-19-22(3)29-31(55-23(4)44)35(49)41(11)27(46)18-28-42(20-54-28,57-24(5)45)33(41)32(34(48)40(29,9)10)56-36(50)25-15-13-12-14-16-25/h12-16,21,26-28,30-33,46-47H,17-20H2,1-11H3,(H,43,52)/b29-22-/t26-,27-,28+,30+,31+,32-,33-,41+,42-/m0/s1. The highest BCUT2D eigenvalue weighted by Gasteiger charge is 2.75. The average molecular weight is 816 g/mol. The van der Waals surface area contributed by atoms with E-state index in [1.54, 1.807) is 39.0 Å². The average Bonchev–Trinajstić information content (AvgIpc) is 3.10. The first kappa shape index (κ1) is 46.0. The van der Waals surface area contributed by atoms with E-state index in [2.05, 4.69) is 5.32 Å². The minimum atomic E-state index is -2.10. The molecule has 3 fully saturated rings. The minimum absolute atomic E-state index is 0.0547. The lowest BCUT2D eigenvalue weighted by Crippen LogP contribution is -2.79. The summed E-state index contributed by atoms with van der Waals surface area (Å²) in [5.74, 6) is -7.16. The zero-order valence-electron chi connectivity index (χ0n) is 35.0. The summed E-state index contributed by atoms with van der Waals surface area (Å²) in [7, 11) is 0. The molecular formula is C42H57NO15. The van der Waals surface area contributed by atoms with Gasteiger partial charge in [0.2, 0.25) is 0 Å². The molecule has 0 radical (unpaired) electrons. The third-order valence-corrected chi connectivity index (χ3v) is 11.0. The SMILES string of the molecule is CC(=O)O[C@H]1C(=O)[C@@]2(C)[C@H]([C@H](OC(=O)c3ccccc3)C(=O)C(C)(C)/C1=C(/C)COC(=O)[C@H](O)[C@H](CC(C)C)NC(=O)OC(C)(C)C)[C@]1(OC(C)=O)CO[C@@H]1C[C@@H]2O. The highest BCUT2D eigenvalue weighted by molar-refractivity contribution is 6.03. The van der Waals surface area contributed by atoms with Gasteiger partial charge in [-0.05, 0) is 84.1 Å². The predicted molar refractivity (Wildman–Crippen MR) is 204 cm³/mol. The van der Waals surface area contributed by atoms with Gasteiger partial charge in [-0.15, -0.1) is 0 Å². The van der Waals surface area contributed by atoms with E-state index in [4.69, 9.17) is 28.4 Å². The number of esters is 4. The van der Waals surface area contributed by atoms with Crippen molar-refractivity contribution >= 4 is 41.5 Å². The Morgan fingerprint density at radius 2 is 1.57 bits per heavy atom. The fourth-order valence-corrected chi connectivity index (χ4v) is 8.44. The van der Waals surface area contributed by atoms with E-state index >= 15 is 9.59 Å². The molecule has 16 heteroatoms. The molecule has 1 aromatic carbocycles. The summed E-state index contributed by atoms with van der Waals surface area (Å²) in [6.45, 7) is 15.4. The molecule has 3 aliphatic rings. The van der Waals surface area contributed by atoms with E-state index < -0.39 is 113 Å². The summed E-state index contributed by atoms with van der Waals surface area (Å²) >= 11 is 0. The van der Waals surface area contributed by atoms with Gasteiger partial charge in [-0.25, -0.2) is 14.4 Å². The Bertz CT molecular complexity index is 1810. The molecule has 16 nitrogen and oxygen atoms in total. The zero-order valence-corrected chi connectivity index (χ0v) is 35.0. The Labute approximate surface area is 338 Å². The van der Waals surface area contributed by atoms with Crippen LogP contribution in [0.5, 0.6) is 0 Å². The van der Waals surface area contributed by atoms with Crippen molar-refractivity contribution in [1.82, 2.24) is 5.32 Å². The largest absolute Gasteiger partial charge is 0.459 e. The zero-order chi connectivity index (χ0) is 43.7. The van der Waals surface area contributed by atoms with Crippen molar-refractivity contribution in [3.05, 3.63) is 47.0 Å². The molecule has 1 aromatic rings. The molecule has 1 aliphatic heterocycles. The van der Waals surface area contributed by atoms with Crippen LogP contribution >= 0.6 is 0 Å². The van der Waals surface area contributed by atoms with Crippen LogP contribution in [0.25, 0.3) is 0 Å². The van der Waals surface area contributed by atoms with E-state index in [9.17, 15) is 34.2 Å². The number of carbonyl (C=O) groups is 7. The molecular weight excluding hydrogens is 758 g/mol. The number of hydrogen-bond acceptors (Lipinski definition) is 15. The van der Waals surface area contributed by atoms with Crippen molar-refractivity contribution in [3.63, 3.8) is 0 Å². The van der Waals surface area contributed by atoms with Crippen molar-refractivity contribution in [3.8, 4) is 0 Å². The van der Waals surface area contributed by atoms with E-state index in [1.807, 2.05) is 13.8 Å². The molecule has 4 rings (SSSR count). The van der Waals surface area contributed by atoms with Crippen LogP contribution in [0.2, 0.25) is 0 Å². The molecule has 3 N–H and O–H groups in total. The van der Waals surface area contributed by atoms with Crippen LogP contribution in [0, 0.1) is 22.7 Å². The number of benzene rings is 1. The molecule has 0 spiro atoms. The van der Waals surface area contributed by atoms with Gasteiger partial charge in [0, 0.05) is 20.3 Å². The van der Waals surface area contributed by atoms with Gasteiger partial charge in [0.05, 0.1) is 41.1 Å². The van der Waals surface area contributed by atoms with Gasteiger partial charge in [-0.2, -0.15) is 0 Å². The molecule has 58 heavy (non-hydrogen) atoms. The first-order valence-corrected chi connectivity index (χ1v) is 19.3. The van der Waals surface area contributed by atoms with Crippen LogP contribution in [0.15, 0.2) is 41.5 Å². The van der Waals surface area contributed by atoms with E-state index in [-0.39, 0.29) is 42.1 Å². The van der Waals surface area contributed by atoms with Crippen LogP contribution in [-0.4, -0.2) is 113 Å². The van der Waals surface area contributed by atoms with Gasteiger partial charge in [-0.3, -0.25) is 19.2 Å². The van der Waals surface area contributed by atoms with Crippen molar-refractivity contribution in [2.75, 3.05) is 13.2 Å². The monoisotopic (exact) mass is 815 g/mol. The number of aliphatic hydroxyl groups excluding tert-OH is 2. The fourth-order valence-electron chi connectivity index (χ4n) is 8.44. The van der Waals surface area contributed by atoms with E-state index in [1.165, 1.54) is 39.8 Å². The van der Waals surface area contributed by atoms with Crippen LogP contribution in [0.1, 0.15) is 99.4 Å². The fraction of sp³-hybridized carbons (Fsp3) is 0.643. The molecule has 0 aromatic heterocycles. The molecule has 320 valence electrons. The highest BCUT2D eigenvalue weighted by atomic mass is 16.6. The normalized spacial score (nSPS) is 29.8. The number of hydrogen-bond donors (Lipinski definition) is 3. The summed E-state index contributed by atoms with van der Waals surface area (Å²) in [4.78, 5) is 95.9. The van der Waals surface area contributed by atoms with E-state index in [0.29, 0.717) is 0 Å². The van der Waals surface area contributed by atoms with Gasteiger partial charge in [0.25, 0.3) is 0 Å². The minimum Gasteiger partial charge on any atom is -0.459 e. The number of amides is 1. The number of carbonyl (C=O) groups excluding carboxylic acids is 7. The maximum absolute atomic E-state index is 15.3. The van der Waals surface area contributed by atoms with Gasteiger partial charge in [0.15, 0.2) is 35.5 Å². The van der Waals surface area contributed by atoms with Gasteiger partial charge < -0.3 is 44.0 Å². The van der Waals surface area contributed by atoms with Crippen molar-refractivity contribution in [2.24, 2.45) is 22.7 Å². The number of ether oxygens (including phenoxy) is 6. The van der Waals surface area contributed by atoms with Gasteiger partial charge in [0.1, 0.15) is 18.3 Å². The second-order valence-corrected chi connectivity index (χ2v) is 17.5. The van der Waals surface area contributed by atoms with Crippen molar-refractivity contribution in [1.29, 1.82) is 0 Å². The number of rotatable bonds is 11. The maximum Gasteiger partial charge on any atom is 0.407 e. The molecule has 0 unspecified atom stereocenters. The smallest absolute Gasteiger partial charge is 0.407 e.